The highest BCUT2D eigenvalue weighted by molar-refractivity contribution is 5.84. The number of alkyl halides is 3. The molecule has 3 nitrogen and oxygen atoms in total. The molecule has 0 aliphatic heterocycles. The number of rotatable bonds is 8. The Labute approximate surface area is 128 Å². The number of nitrogens with zero attached hydrogens (tertiary/aromatic N) is 1. The van der Waals surface area contributed by atoms with Gasteiger partial charge in [-0.25, -0.2) is 5.43 Å². The van der Waals surface area contributed by atoms with Crippen molar-refractivity contribution in [3.05, 3.63) is 35.4 Å². The van der Waals surface area contributed by atoms with E-state index in [-0.39, 0.29) is 11.5 Å². The molecular formula is C16H21F3N2O. The van der Waals surface area contributed by atoms with Gasteiger partial charge in [-0.1, -0.05) is 50.8 Å². The number of hydrogen-bond acceptors (Lipinski definition) is 2. The molecule has 0 saturated carbocycles. The Morgan fingerprint density at radius 2 is 1.86 bits per heavy atom. The minimum absolute atomic E-state index is 0.0711. The first kappa shape index (κ1) is 18.2. The first-order valence-electron chi connectivity index (χ1n) is 7.43. The van der Waals surface area contributed by atoms with Gasteiger partial charge in [-0.15, -0.1) is 0 Å². The van der Waals surface area contributed by atoms with Crippen LogP contribution in [0.4, 0.5) is 13.2 Å². The Bertz CT molecular complexity index is 498. The van der Waals surface area contributed by atoms with Gasteiger partial charge in [0.05, 0.1) is 11.8 Å². The van der Waals surface area contributed by atoms with Gasteiger partial charge in [-0.3, -0.25) is 4.79 Å². The first-order valence-corrected chi connectivity index (χ1v) is 7.43. The number of hydrogen-bond donors (Lipinski definition) is 1. The molecule has 6 heteroatoms. The van der Waals surface area contributed by atoms with Gasteiger partial charge in [0.25, 0.3) is 0 Å². The molecule has 0 saturated heterocycles. The van der Waals surface area contributed by atoms with Crippen LogP contribution in [0.5, 0.6) is 0 Å². The van der Waals surface area contributed by atoms with Crippen LogP contribution < -0.4 is 5.43 Å². The van der Waals surface area contributed by atoms with Crippen molar-refractivity contribution in [2.24, 2.45) is 5.10 Å². The number of halogens is 3. The molecule has 1 amide bonds. The van der Waals surface area contributed by atoms with Crippen LogP contribution in [0.2, 0.25) is 0 Å². The highest BCUT2D eigenvalue weighted by atomic mass is 19.4. The summed E-state index contributed by atoms with van der Waals surface area (Å²) in [6, 6.07) is 5.10. The summed E-state index contributed by atoms with van der Waals surface area (Å²) in [5, 5.41) is 3.61. The Balaban J connectivity index is 2.44. The topological polar surface area (TPSA) is 41.5 Å². The molecule has 0 heterocycles. The summed E-state index contributed by atoms with van der Waals surface area (Å²) in [5.41, 5.74) is 1.42. The van der Waals surface area contributed by atoms with Crippen LogP contribution in [-0.2, 0) is 11.0 Å². The molecule has 1 aromatic carbocycles. The van der Waals surface area contributed by atoms with Crippen molar-refractivity contribution in [3.63, 3.8) is 0 Å². The van der Waals surface area contributed by atoms with E-state index in [0.717, 1.165) is 44.4 Å². The molecule has 1 rings (SSSR count). The molecule has 0 fully saturated rings. The van der Waals surface area contributed by atoms with E-state index in [9.17, 15) is 18.0 Å². The summed E-state index contributed by atoms with van der Waals surface area (Å²) in [5.74, 6) is -0.280. The average Bonchev–Trinajstić information content (AvgIpc) is 2.46. The molecule has 0 aliphatic rings. The van der Waals surface area contributed by atoms with Gasteiger partial charge in [0, 0.05) is 12.0 Å². The second kappa shape index (κ2) is 9.23. The Hall–Kier alpha value is -1.85. The van der Waals surface area contributed by atoms with Crippen molar-refractivity contribution in [2.75, 3.05) is 0 Å². The largest absolute Gasteiger partial charge is 0.417 e. The molecule has 0 aromatic heterocycles. The number of unbranched alkanes of at least 4 members (excludes halogenated alkanes) is 4. The van der Waals surface area contributed by atoms with Gasteiger partial charge in [-0.05, 0) is 12.5 Å². The maximum atomic E-state index is 12.8. The highest BCUT2D eigenvalue weighted by Gasteiger charge is 2.32. The van der Waals surface area contributed by atoms with E-state index in [4.69, 9.17) is 0 Å². The van der Waals surface area contributed by atoms with E-state index in [2.05, 4.69) is 17.5 Å². The fourth-order valence-electron chi connectivity index (χ4n) is 1.99. The quantitative estimate of drug-likeness (QED) is 0.428. The summed E-state index contributed by atoms with van der Waals surface area (Å²) in [7, 11) is 0. The van der Waals surface area contributed by atoms with Crippen molar-refractivity contribution >= 4 is 12.1 Å². The predicted octanol–water partition coefficient (Wildman–Crippen LogP) is 4.52. The Morgan fingerprint density at radius 3 is 2.55 bits per heavy atom. The minimum Gasteiger partial charge on any atom is -0.273 e. The number of hydrazone groups is 1. The molecule has 22 heavy (non-hydrogen) atoms. The van der Waals surface area contributed by atoms with Crippen LogP contribution in [0.3, 0.4) is 0 Å². The van der Waals surface area contributed by atoms with E-state index in [1.54, 1.807) is 0 Å². The zero-order chi connectivity index (χ0) is 16.4. The van der Waals surface area contributed by atoms with Crippen molar-refractivity contribution < 1.29 is 18.0 Å². The smallest absolute Gasteiger partial charge is 0.273 e. The predicted molar refractivity (Wildman–Crippen MR) is 80.6 cm³/mol. The molecular weight excluding hydrogens is 293 g/mol. The van der Waals surface area contributed by atoms with Gasteiger partial charge in [0.1, 0.15) is 0 Å². The second-order valence-corrected chi connectivity index (χ2v) is 5.04. The molecule has 0 spiro atoms. The standard InChI is InChI=1S/C16H21F3N2O/c1-2-3-4-5-6-11-15(22)21-20-12-13-9-7-8-10-14(13)16(17,18)19/h7-10,12H,2-6,11H2,1H3,(H,21,22). The molecule has 0 bridgehead atoms. The molecule has 1 aromatic rings. The lowest BCUT2D eigenvalue weighted by Gasteiger charge is -2.09. The van der Waals surface area contributed by atoms with Crippen LogP contribution in [0.1, 0.15) is 56.6 Å². The van der Waals surface area contributed by atoms with Gasteiger partial charge >= 0.3 is 6.18 Å². The SMILES string of the molecule is CCCCCCCC(=O)NN=Cc1ccccc1C(F)(F)F. The van der Waals surface area contributed by atoms with E-state index >= 15 is 0 Å². The van der Waals surface area contributed by atoms with E-state index in [0.29, 0.717) is 6.42 Å². The number of benzene rings is 1. The van der Waals surface area contributed by atoms with E-state index < -0.39 is 11.7 Å². The van der Waals surface area contributed by atoms with Crippen molar-refractivity contribution in [2.45, 2.75) is 51.6 Å². The van der Waals surface area contributed by atoms with Crippen LogP contribution in [-0.4, -0.2) is 12.1 Å². The number of carbonyl (C=O) groups excluding carboxylic acids is 1. The first-order chi connectivity index (χ1) is 10.4. The number of amides is 1. The van der Waals surface area contributed by atoms with Crippen LogP contribution in [0.15, 0.2) is 29.4 Å². The third kappa shape index (κ3) is 6.74. The maximum absolute atomic E-state index is 12.8. The average molecular weight is 314 g/mol. The molecule has 0 atom stereocenters. The zero-order valence-electron chi connectivity index (χ0n) is 12.6. The van der Waals surface area contributed by atoms with Gasteiger partial charge < -0.3 is 0 Å². The zero-order valence-corrected chi connectivity index (χ0v) is 12.6. The van der Waals surface area contributed by atoms with Crippen LogP contribution in [0, 0.1) is 0 Å². The monoisotopic (exact) mass is 314 g/mol. The third-order valence-electron chi connectivity index (χ3n) is 3.17. The molecule has 122 valence electrons. The normalized spacial score (nSPS) is 11.8. The van der Waals surface area contributed by atoms with Gasteiger partial charge in [0.2, 0.25) is 5.91 Å². The lowest BCUT2D eigenvalue weighted by molar-refractivity contribution is -0.137. The van der Waals surface area contributed by atoms with Crippen molar-refractivity contribution in [1.29, 1.82) is 0 Å². The fourth-order valence-corrected chi connectivity index (χ4v) is 1.99. The van der Waals surface area contributed by atoms with E-state index in [1.807, 2.05) is 0 Å². The summed E-state index contributed by atoms with van der Waals surface area (Å²) in [6.07, 6.45) is 2.03. The molecule has 1 N–H and O–H groups in total. The fraction of sp³-hybridized carbons (Fsp3) is 0.500. The number of nitrogens with one attached hydrogen (secondary N) is 1. The highest BCUT2D eigenvalue weighted by Crippen LogP contribution is 2.30. The minimum atomic E-state index is -4.44. The molecule has 0 unspecified atom stereocenters. The van der Waals surface area contributed by atoms with Crippen molar-refractivity contribution in [3.8, 4) is 0 Å². The molecule has 0 aliphatic carbocycles. The van der Waals surface area contributed by atoms with Gasteiger partial charge in [-0.2, -0.15) is 18.3 Å². The maximum Gasteiger partial charge on any atom is 0.417 e. The van der Waals surface area contributed by atoms with Crippen LogP contribution in [0.25, 0.3) is 0 Å². The Kier molecular flexibility index (Phi) is 7.63. The lowest BCUT2D eigenvalue weighted by atomic mass is 10.1. The molecule has 0 radical (unpaired) electrons. The second-order valence-electron chi connectivity index (χ2n) is 5.04. The summed E-state index contributed by atoms with van der Waals surface area (Å²) >= 11 is 0. The lowest BCUT2D eigenvalue weighted by Crippen LogP contribution is -2.17. The summed E-state index contributed by atoms with van der Waals surface area (Å²) in [4.78, 5) is 11.5. The van der Waals surface area contributed by atoms with Gasteiger partial charge in [0.15, 0.2) is 0 Å². The van der Waals surface area contributed by atoms with E-state index in [1.165, 1.54) is 18.2 Å². The number of carbonyl (C=O) groups is 1. The van der Waals surface area contributed by atoms with Crippen molar-refractivity contribution in [1.82, 2.24) is 5.43 Å². The summed E-state index contributed by atoms with van der Waals surface area (Å²) in [6.45, 7) is 2.11. The third-order valence-corrected chi connectivity index (χ3v) is 3.17. The van der Waals surface area contributed by atoms with Crippen LogP contribution >= 0.6 is 0 Å². The summed E-state index contributed by atoms with van der Waals surface area (Å²) < 4.78 is 38.3. The Morgan fingerprint density at radius 1 is 1.18 bits per heavy atom.